The topological polar surface area (TPSA) is 300 Å². The highest BCUT2D eigenvalue weighted by molar-refractivity contribution is 5.98. The van der Waals surface area contributed by atoms with Gasteiger partial charge in [-0.05, 0) is 88.5 Å². The van der Waals surface area contributed by atoms with Gasteiger partial charge in [-0.25, -0.2) is 9.59 Å². The Hall–Kier alpha value is -7.39. The van der Waals surface area contributed by atoms with E-state index in [0.717, 1.165) is 23.8 Å². The van der Waals surface area contributed by atoms with Gasteiger partial charge in [-0.15, -0.1) is 0 Å². The van der Waals surface area contributed by atoms with Crippen LogP contribution in [0.1, 0.15) is 99.3 Å². The summed E-state index contributed by atoms with van der Waals surface area (Å²) >= 11 is 0. The maximum atomic E-state index is 12.9. The molecule has 6 N–H and O–H groups in total. The van der Waals surface area contributed by atoms with Crippen molar-refractivity contribution in [3.63, 3.8) is 0 Å². The zero-order valence-corrected chi connectivity index (χ0v) is 41.5. The van der Waals surface area contributed by atoms with Gasteiger partial charge in [0, 0.05) is 57.5 Å². The molecule has 3 heterocycles. The van der Waals surface area contributed by atoms with Crippen LogP contribution in [0.4, 0.5) is 11.4 Å². The molecule has 0 spiro atoms. The van der Waals surface area contributed by atoms with E-state index >= 15 is 0 Å². The van der Waals surface area contributed by atoms with Crippen LogP contribution in [-0.4, -0.2) is 117 Å². The Labute approximate surface area is 413 Å². The van der Waals surface area contributed by atoms with Crippen LogP contribution in [0.2, 0.25) is 0 Å². The summed E-state index contributed by atoms with van der Waals surface area (Å²) in [4.78, 5) is 135. The zero-order chi connectivity index (χ0) is 52.9. The van der Waals surface area contributed by atoms with Gasteiger partial charge < -0.3 is 55.2 Å². The number of ether oxygens (including phenoxy) is 2. The maximum Gasteiger partial charge on any atom is 0.330 e. The normalized spacial score (nSPS) is 14.5. The van der Waals surface area contributed by atoms with Gasteiger partial charge in [-0.2, -0.15) is 0 Å². The Morgan fingerprint density at radius 3 is 1.76 bits per heavy atom. The van der Waals surface area contributed by atoms with Gasteiger partial charge in [0.05, 0.1) is 19.6 Å². The Kier molecular flexibility index (Phi) is 27.3. The predicted molar refractivity (Wildman–Crippen MR) is 263 cm³/mol. The minimum atomic E-state index is -1.16. The number of esters is 2. The second-order valence-electron chi connectivity index (χ2n) is 16.8. The van der Waals surface area contributed by atoms with E-state index in [1.807, 2.05) is 13.8 Å². The third-order valence-corrected chi connectivity index (χ3v) is 10.8. The molecule has 22 nitrogen and oxygen atoms in total. The fourth-order valence-corrected chi connectivity index (χ4v) is 6.79. The molecular formula is C49H70N8O14. The molecule has 3 rings (SSSR count). The summed E-state index contributed by atoms with van der Waals surface area (Å²) in [7, 11) is 0. The number of nitrogens with one attached hydrogen (secondary N) is 5. The number of anilines is 2. The highest BCUT2D eigenvalue weighted by Gasteiger charge is 2.25. The number of allylic oxidation sites excluding steroid dienone is 2. The van der Waals surface area contributed by atoms with E-state index in [-0.39, 0.29) is 75.2 Å². The van der Waals surface area contributed by atoms with E-state index in [2.05, 4.69) is 33.5 Å². The van der Waals surface area contributed by atoms with Gasteiger partial charge in [0.25, 0.3) is 11.1 Å². The first-order chi connectivity index (χ1) is 33.8. The molecule has 0 aliphatic carbocycles. The first kappa shape index (κ1) is 59.7. The van der Waals surface area contributed by atoms with Crippen LogP contribution < -0.4 is 37.7 Å². The number of rotatable bonds is 26. The molecule has 390 valence electrons. The van der Waals surface area contributed by atoms with Crippen molar-refractivity contribution in [1.29, 1.82) is 0 Å². The largest absolute Gasteiger partial charge is 0.481 e. The molecule has 1 aliphatic rings. The number of carbonyl (C=O) groups excluding carboxylic acids is 8. The van der Waals surface area contributed by atoms with E-state index < -0.39 is 71.2 Å². The average molecular weight is 995 g/mol. The molecule has 2 aromatic rings. The second kappa shape index (κ2) is 32.4. The van der Waals surface area contributed by atoms with Gasteiger partial charge in [0.15, 0.2) is 0 Å². The lowest BCUT2D eigenvalue weighted by Gasteiger charge is -2.31. The number of aromatic nitrogens is 2. The van der Waals surface area contributed by atoms with Crippen molar-refractivity contribution in [3.8, 4) is 0 Å². The molecule has 0 radical (unpaired) electrons. The lowest BCUT2D eigenvalue weighted by atomic mass is 10.0. The molecule has 2 unspecified atom stereocenters. The first-order valence-electron chi connectivity index (χ1n) is 23.8. The van der Waals surface area contributed by atoms with Gasteiger partial charge in [-0.1, -0.05) is 39.3 Å². The third-order valence-electron chi connectivity index (χ3n) is 10.8. The molecule has 1 saturated heterocycles. The molecule has 1 fully saturated rings. The molecule has 71 heavy (non-hydrogen) atoms. The number of pyridine rings is 2. The van der Waals surface area contributed by atoms with Gasteiger partial charge >= 0.3 is 17.9 Å². The maximum absolute atomic E-state index is 12.9. The summed E-state index contributed by atoms with van der Waals surface area (Å²) in [6.45, 7) is 12.7. The highest BCUT2D eigenvalue weighted by Crippen LogP contribution is 2.16. The van der Waals surface area contributed by atoms with Gasteiger partial charge in [0.2, 0.25) is 35.4 Å². The monoisotopic (exact) mass is 995 g/mol. The van der Waals surface area contributed by atoms with Crippen molar-refractivity contribution in [3.05, 3.63) is 81.7 Å². The van der Waals surface area contributed by atoms with Crippen LogP contribution in [0.3, 0.4) is 0 Å². The summed E-state index contributed by atoms with van der Waals surface area (Å²) in [5.74, 6) is -4.28. The van der Waals surface area contributed by atoms with Crippen LogP contribution in [0, 0.1) is 11.8 Å². The number of likely N-dealkylation sites (tertiary alicyclic amines) is 1. The van der Waals surface area contributed by atoms with E-state index in [0.29, 0.717) is 37.9 Å². The quantitative estimate of drug-likeness (QED) is 0.0584. The van der Waals surface area contributed by atoms with Crippen molar-refractivity contribution in [2.75, 3.05) is 43.5 Å². The predicted octanol–water partition coefficient (Wildman–Crippen LogP) is 2.65. The number of amides is 6. The Morgan fingerprint density at radius 2 is 1.28 bits per heavy atom. The van der Waals surface area contributed by atoms with E-state index in [4.69, 9.17) is 14.6 Å². The molecular weight excluding hydrogens is 925 g/mol. The molecule has 0 saturated carbocycles. The number of nitrogens with zero attached hydrogens (tertiary/aromatic N) is 3. The Balaban J connectivity index is 0.000000488. The van der Waals surface area contributed by atoms with Crippen molar-refractivity contribution in [2.24, 2.45) is 11.8 Å². The number of piperidine rings is 1. The summed E-state index contributed by atoms with van der Waals surface area (Å²) < 4.78 is 12.0. The number of hydrogen-bond donors (Lipinski definition) is 6. The number of hydrogen-bond acceptors (Lipinski definition) is 13. The lowest BCUT2D eigenvalue weighted by molar-refractivity contribution is -0.139. The third kappa shape index (κ3) is 23.7. The van der Waals surface area contributed by atoms with E-state index in [1.165, 1.54) is 60.3 Å². The van der Waals surface area contributed by atoms with E-state index in [9.17, 15) is 52.7 Å². The zero-order valence-electron chi connectivity index (χ0n) is 41.5. The molecule has 22 heteroatoms. The molecule has 0 bridgehead atoms. The number of carboxylic acid groups (broad SMARTS) is 1. The summed E-state index contributed by atoms with van der Waals surface area (Å²) in [5.41, 5.74) is -1.18. The van der Waals surface area contributed by atoms with Gasteiger partial charge in [0.1, 0.15) is 36.5 Å². The summed E-state index contributed by atoms with van der Waals surface area (Å²) in [6, 6.07) is 3.89. The molecule has 0 aromatic carbocycles. The number of aliphatic carboxylic acids is 1. The minimum absolute atomic E-state index is 0.0183. The van der Waals surface area contributed by atoms with Crippen molar-refractivity contribution < 1.29 is 57.7 Å². The highest BCUT2D eigenvalue weighted by atomic mass is 16.5. The van der Waals surface area contributed by atoms with Crippen LogP contribution in [0.25, 0.3) is 0 Å². The fourth-order valence-electron chi connectivity index (χ4n) is 6.79. The van der Waals surface area contributed by atoms with Gasteiger partial charge in [-0.3, -0.25) is 43.2 Å². The van der Waals surface area contributed by atoms with Crippen molar-refractivity contribution in [2.45, 2.75) is 125 Å². The van der Waals surface area contributed by atoms with Crippen LogP contribution in [-0.2, 0) is 65.7 Å². The van der Waals surface area contributed by atoms with E-state index in [1.54, 1.807) is 30.9 Å². The molecule has 1 aliphatic heterocycles. The first-order valence-corrected chi connectivity index (χ1v) is 23.8. The molecule has 6 amide bonds. The SMILES string of the molecule is CCOC(=O)/C=C/CC[C@H](NC(=O)CCC(=O)O)C(=O)Nc1cccn(CC(=O)NCC(C)CC)c1=O.CCOC(=O)/C=C/CC[C@H](NC(C)=O)C(=O)Nc1cccn(CC(=O)N2CCCC(C)C2)c1=O. The Morgan fingerprint density at radius 1 is 0.761 bits per heavy atom. The van der Waals surface area contributed by atoms with Crippen molar-refractivity contribution >= 4 is 64.7 Å². The Bertz CT molecular complexity index is 2320. The average Bonchev–Trinajstić information content (AvgIpc) is 3.32. The minimum Gasteiger partial charge on any atom is -0.481 e. The van der Waals surface area contributed by atoms with Crippen LogP contribution in [0.5, 0.6) is 0 Å². The number of carbonyl (C=O) groups is 9. The van der Waals surface area contributed by atoms with Crippen molar-refractivity contribution in [1.82, 2.24) is 30.0 Å². The number of carboxylic acids is 1. The standard InChI is InChI=1S/C25H36N4O8.C24H34N4O6/c1-4-17(3)15-26-21(31)16-29-14-8-10-19(25(29)36)28-24(35)18(27-20(30)12-13-22(32)33)9-6-7-11-23(34)37-5-2;1-4-34-22(31)12-6-5-10-19(25-18(3)29)23(32)26-20-11-8-14-28(24(20)33)16-21(30)27-13-7-9-17(2)15-27/h7-8,10-11,14,17-18H,4-6,9,12-13,15-16H2,1-3H3,(H,26,31)(H,27,30)(H,28,35)(H,32,33);6,8,11-12,14,17,19H,4-5,7,9-10,13,15-16H2,1-3H3,(H,25,29)(H,26,32)/b11-7+;12-6+/t17?,18-;17?,19-/m00/s1. The molecule has 4 atom stereocenters. The summed E-state index contributed by atoms with van der Waals surface area (Å²) in [5, 5.41) is 21.6. The summed E-state index contributed by atoms with van der Waals surface area (Å²) in [6.07, 6.45) is 11.4. The van der Waals surface area contributed by atoms with Crippen LogP contribution in [0.15, 0.2) is 70.6 Å². The van der Waals surface area contributed by atoms with Crippen LogP contribution >= 0.6 is 0 Å². The smallest absolute Gasteiger partial charge is 0.330 e. The fraction of sp³-hybridized carbons (Fsp3) is 0.531. The molecule has 2 aromatic heterocycles. The lowest BCUT2D eigenvalue weighted by Crippen LogP contribution is -2.44. The second-order valence-corrected chi connectivity index (χ2v) is 16.8.